The zero-order valence-corrected chi connectivity index (χ0v) is 17.4. The van der Waals surface area contributed by atoms with E-state index in [1.807, 2.05) is 42.5 Å². The van der Waals surface area contributed by atoms with Gasteiger partial charge in [0.2, 0.25) is 11.8 Å². The second-order valence-corrected chi connectivity index (χ2v) is 7.10. The van der Waals surface area contributed by atoms with Crippen molar-refractivity contribution in [1.82, 2.24) is 10.6 Å². The van der Waals surface area contributed by atoms with E-state index in [0.717, 1.165) is 16.7 Å². The molecule has 0 aromatic heterocycles. The third-order valence-electron chi connectivity index (χ3n) is 4.64. The van der Waals surface area contributed by atoms with Gasteiger partial charge in [0.1, 0.15) is 0 Å². The van der Waals surface area contributed by atoms with Crippen LogP contribution in [0.1, 0.15) is 22.8 Å². The molecule has 0 bridgehead atoms. The maximum Gasteiger partial charge on any atom is 0.251 e. The van der Waals surface area contributed by atoms with E-state index in [9.17, 15) is 14.4 Å². The molecule has 6 nitrogen and oxygen atoms in total. The molecular weight excluding hydrogens is 390 g/mol. The zero-order valence-electron chi connectivity index (χ0n) is 17.4. The second-order valence-electron chi connectivity index (χ2n) is 7.10. The number of nitrogens with one attached hydrogen (secondary N) is 3. The van der Waals surface area contributed by atoms with Crippen LogP contribution in [0.3, 0.4) is 0 Å². The number of hydrogen-bond donors (Lipinski definition) is 3. The van der Waals surface area contributed by atoms with E-state index in [4.69, 9.17) is 0 Å². The third-order valence-corrected chi connectivity index (χ3v) is 4.64. The largest absolute Gasteiger partial charge is 0.355 e. The molecule has 6 heteroatoms. The minimum atomic E-state index is -0.235. The molecule has 0 radical (unpaired) electrons. The molecule has 158 valence electrons. The van der Waals surface area contributed by atoms with Gasteiger partial charge in [0, 0.05) is 31.3 Å². The van der Waals surface area contributed by atoms with Crippen molar-refractivity contribution in [3.8, 4) is 11.1 Å². The minimum absolute atomic E-state index is 0.125. The molecule has 0 unspecified atom stereocenters. The van der Waals surface area contributed by atoms with Crippen LogP contribution in [-0.2, 0) is 16.0 Å². The van der Waals surface area contributed by atoms with E-state index >= 15 is 0 Å². The SMILES string of the molecule is CC(=O)NCCNC(=O)c1ccc(NC(=O)Cc2ccc(-c3ccccc3)cc2)cc1. The van der Waals surface area contributed by atoms with Crippen molar-refractivity contribution >= 4 is 23.4 Å². The Hall–Kier alpha value is -3.93. The molecule has 0 saturated heterocycles. The van der Waals surface area contributed by atoms with Gasteiger partial charge in [-0.3, -0.25) is 14.4 Å². The van der Waals surface area contributed by atoms with Gasteiger partial charge in [-0.25, -0.2) is 0 Å². The lowest BCUT2D eigenvalue weighted by molar-refractivity contribution is -0.119. The summed E-state index contributed by atoms with van der Waals surface area (Å²) in [6.45, 7) is 2.15. The molecule has 0 saturated carbocycles. The molecule has 0 fully saturated rings. The minimum Gasteiger partial charge on any atom is -0.355 e. The van der Waals surface area contributed by atoms with Gasteiger partial charge < -0.3 is 16.0 Å². The highest BCUT2D eigenvalue weighted by Gasteiger charge is 2.08. The van der Waals surface area contributed by atoms with Crippen molar-refractivity contribution in [1.29, 1.82) is 0 Å². The van der Waals surface area contributed by atoms with Crippen LogP contribution >= 0.6 is 0 Å². The highest BCUT2D eigenvalue weighted by atomic mass is 16.2. The number of carbonyl (C=O) groups is 3. The molecule has 3 rings (SSSR count). The second kappa shape index (κ2) is 10.7. The molecule has 0 spiro atoms. The Morgan fingerprint density at radius 1 is 0.710 bits per heavy atom. The van der Waals surface area contributed by atoms with Gasteiger partial charge in [-0.1, -0.05) is 54.6 Å². The topological polar surface area (TPSA) is 87.3 Å². The van der Waals surface area contributed by atoms with Crippen LogP contribution in [0.15, 0.2) is 78.9 Å². The van der Waals surface area contributed by atoms with E-state index < -0.39 is 0 Å². The Balaban J connectivity index is 1.49. The van der Waals surface area contributed by atoms with Crippen LogP contribution in [0.5, 0.6) is 0 Å². The number of benzene rings is 3. The maximum absolute atomic E-state index is 12.4. The maximum atomic E-state index is 12.4. The molecule has 0 aliphatic carbocycles. The number of anilines is 1. The predicted molar refractivity (Wildman–Crippen MR) is 122 cm³/mol. The zero-order chi connectivity index (χ0) is 22.1. The average molecular weight is 415 g/mol. The number of rotatable bonds is 8. The highest BCUT2D eigenvalue weighted by Crippen LogP contribution is 2.19. The summed E-state index contributed by atoms with van der Waals surface area (Å²) in [5, 5.41) is 8.19. The lowest BCUT2D eigenvalue weighted by Gasteiger charge is -2.08. The quantitative estimate of drug-likeness (QED) is 0.493. The van der Waals surface area contributed by atoms with Gasteiger partial charge >= 0.3 is 0 Å². The van der Waals surface area contributed by atoms with E-state index in [0.29, 0.717) is 24.3 Å². The summed E-state index contributed by atoms with van der Waals surface area (Å²) in [7, 11) is 0. The molecule has 31 heavy (non-hydrogen) atoms. The molecule has 0 aliphatic heterocycles. The Morgan fingerprint density at radius 2 is 1.32 bits per heavy atom. The smallest absolute Gasteiger partial charge is 0.251 e. The summed E-state index contributed by atoms with van der Waals surface area (Å²) < 4.78 is 0. The number of amides is 3. The number of hydrogen-bond acceptors (Lipinski definition) is 3. The molecule has 3 N–H and O–H groups in total. The summed E-state index contributed by atoms with van der Waals surface area (Å²) in [5.74, 6) is -0.497. The normalized spacial score (nSPS) is 10.2. The van der Waals surface area contributed by atoms with Gasteiger partial charge in [-0.2, -0.15) is 0 Å². The molecular formula is C25H25N3O3. The van der Waals surface area contributed by atoms with Gasteiger partial charge in [0.05, 0.1) is 6.42 Å². The first kappa shape index (κ1) is 21.8. The fourth-order valence-corrected chi connectivity index (χ4v) is 3.06. The first-order valence-corrected chi connectivity index (χ1v) is 10.1. The lowest BCUT2D eigenvalue weighted by Crippen LogP contribution is -2.33. The summed E-state index contributed by atoms with van der Waals surface area (Å²) in [4.78, 5) is 35.3. The summed E-state index contributed by atoms with van der Waals surface area (Å²) in [5.41, 5.74) is 4.28. The predicted octanol–water partition coefficient (Wildman–Crippen LogP) is 3.40. The molecule has 0 aliphatic rings. The molecule has 3 aromatic rings. The van der Waals surface area contributed by atoms with Crippen LogP contribution < -0.4 is 16.0 Å². The summed E-state index contributed by atoms with van der Waals surface area (Å²) in [6.07, 6.45) is 0.264. The highest BCUT2D eigenvalue weighted by molar-refractivity contribution is 5.96. The van der Waals surface area contributed by atoms with Gasteiger partial charge in [0.15, 0.2) is 0 Å². The van der Waals surface area contributed by atoms with Gasteiger partial charge in [-0.15, -0.1) is 0 Å². The van der Waals surface area contributed by atoms with Crippen LogP contribution in [0, 0.1) is 0 Å². The molecule has 3 amide bonds. The van der Waals surface area contributed by atoms with Crippen LogP contribution in [-0.4, -0.2) is 30.8 Å². The molecule has 0 heterocycles. The Bertz CT molecular complexity index is 1030. The Labute approximate surface area is 181 Å². The van der Waals surface area contributed by atoms with Crippen molar-refractivity contribution in [2.75, 3.05) is 18.4 Å². The van der Waals surface area contributed by atoms with E-state index in [1.54, 1.807) is 24.3 Å². The monoisotopic (exact) mass is 415 g/mol. The first-order chi connectivity index (χ1) is 15.0. The fraction of sp³-hybridized carbons (Fsp3) is 0.160. The van der Waals surface area contributed by atoms with Crippen LogP contribution in [0.25, 0.3) is 11.1 Å². The summed E-state index contributed by atoms with van der Waals surface area (Å²) >= 11 is 0. The van der Waals surface area contributed by atoms with Gasteiger partial charge in [0.25, 0.3) is 5.91 Å². The standard InChI is InChI=1S/C25H25N3O3/c1-18(29)26-15-16-27-25(31)22-11-13-23(14-12-22)28-24(30)17-19-7-9-21(10-8-19)20-5-3-2-4-6-20/h2-14H,15-17H2,1H3,(H,26,29)(H,27,31)(H,28,30). The van der Waals surface area contributed by atoms with Gasteiger partial charge in [-0.05, 0) is 41.0 Å². The molecule has 0 atom stereocenters. The Kier molecular flexibility index (Phi) is 7.54. The average Bonchev–Trinajstić information content (AvgIpc) is 2.78. The van der Waals surface area contributed by atoms with Crippen molar-refractivity contribution in [3.05, 3.63) is 90.0 Å². The lowest BCUT2D eigenvalue weighted by atomic mass is 10.0. The molecule has 3 aromatic carbocycles. The van der Waals surface area contributed by atoms with E-state index in [1.165, 1.54) is 6.92 Å². The fourth-order valence-electron chi connectivity index (χ4n) is 3.06. The van der Waals surface area contributed by atoms with Crippen LogP contribution in [0.2, 0.25) is 0 Å². The van der Waals surface area contributed by atoms with Crippen LogP contribution in [0.4, 0.5) is 5.69 Å². The van der Waals surface area contributed by atoms with E-state index in [2.05, 4.69) is 28.1 Å². The summed E-state index contributed by atoms with van der Waals surface area (Å²) in [6, 6.07) is 24.7. The third kappa shape index (κ3) is 6.82. The Morgan fingerprint density at radius 3 is 1.97 bits per heavy atom. The van der Waals surface area contributed by atoms with E-state index in [-0.39, 0.29) is 24.1 Å². The van der Waals surface area contributed by atoms with Crippen molar-refractivity contribution < 1.29 is 14.4 Å². The first-order valence-electron chi connectivity index (χ1n) is 10.1. The van der Waals surface area contributed by atoms with Crippen molar-refractivity contribution in [3.63, 3.8) is 0 Å². The number of carbonyl (C=O) groups excluding carboxylic acids is 3. The van der Waals surface area contributed by atoms with Crippen molar-refractivity contribution in [2.24, 2.45) is 0 Å². The van der Waals surface area contributed by atoms with Crippen molar-refractivity contribution in [2.45, 2.75) is 13.3 Å².